The van der Waals surface area contributed by atoms with Gasteiger partial charge in [0.1, 0.15) is 0 Å². The van der Waals surface area contributed by atoms with E-state index >= 15 is 0 Å². The summed E-state index contributed by atoms with van der Waals surface area (Å²) in [6, 6.07) is 21.4. The SMILES string of the molecule is O=C(c1ccc(SCc2ccccc2)cc1)c1cccc(C(F)(F)F)c1. The Hall–Kier alpha value is -2.53. The van der Waals surface area contributed by atoms with Gasteiger partial charge in [-0.25, -0.2) is 0 Å². The summed E-state index contributed by atoms with van der Waals surface area (Å²) in [6.07, 6.45) is -4.46. The van der Waals surface area contributed by atoms with Gasteiger partial charge in [-0.3, -0.25) is 4.79 Å². The summed E-state index contributed by atoms with van der Waals surface area (Å²) in [6.45, 7) is 0. The highest BCUT2D eigenvalue weighted by molar-refractivity contribution is 7.98. The van der Waals surface area contributed by atoms with Crippen molar-refractivity contribution in [3.63, 3.8) is 0 Å². The Labute approximate surface area is 153 Å². The van der Waals surface area contributed by atoms with Crippen LogP contribution in [-0.4, -0.2) is 5.78 Å². The molecule has 0 spiro atoms. The third kappa shape index (κ3) is 4.55. The molecule has 0 aromatic heterocycles. The normalized spacial score (nSPS) is 11.3. The molecule has 0 saturated carbocycles. The van der Waals surface area contributed by atoms with E-state index in [1.807, 2.05) is 42.5 Å². The molecular formula is C21H15F3OS. The number of thioether (sulfide) groups is 1. The summed E-state index contributed by atoms with van der Waals surface area (Å²) in [5.74, 6) is 0.387. The molecule has 3 rings (SSSR count). The van der Waals surface area contributed by atoms with Gasteiger partial charge in [-0.2, -0.15) is 13.2 Å². The van der Waals surface area contributed by atoms with Crippen LogP contribution in [0.2, 0.25) is 0 Å². The molecule has 0 radical (unpaired) electrons. The topological polar surface area (TPSA) is 17.1 Å². The lowest BCUT2D eigenvalue weighted by Gasteiger charge is -2.08. The van der Waals surface area contributed by atoms with E-state index in [9.17, 15) is 18.0 Å². The molecule has 0 aliphatic heterocycles. The van der Waals surface area contributed by atoms with Crippen LogP contribution in [-0.2, 0) is 11.9 Å². The number of carbonyl (C=O) groups is 1. The fraction of sp³-hybridized carbons (Fsp3) is 0.0952. The van der Waals surface area contributed by atoms with E-state index in [1.54, 1.807) is 23.9 Å². The Bertz CT molecular complexity index is 887. The van der Waals surface area contributed by atoms with Gasteiger partial charge in [0.25, 0.3) is 0 Å². The van der Waals surface area contributed by atoms with E-state index in [1.165, 1.54) is 17.7 Å². The number of hydrogen-bond acceptors (Lipinski definition) is 2. The number of hydrogen-bond donors (Lipinski definition) is 0. The van der Waals surface area contributed by atoms with Gasteiger partial charge in [-0.1, -0.05) is 42.5 Å². The van der Waals surface area contributed by atoms with Gasteiger partial charge in [0.2, 0.25) is 0 Å². The maximum Gasteiger partial charge on any atom is 0.416 e. The van der Waals surface area contributed by atoms with Gasteiger partial charge in [-0.05, 0) is 42.0 Å². The second-order valence-electron chi connectivity index (χ2n) is 5.71. The Morgan fingerprint density at radius 2 is 1.50 bits per heavy atom. The third-order valence-corrected chi connectivity index (χ3v) is 4.90. The van der Waals surface area contributed by atoms with Crippen LogP contribution in [0.5, 0.6) is 0 Å². The molecule has 3 aromatic carbocycles. The van der Waals surface area contributed by atoms with Crippen LogP contribution < -0.4 is 0 Å². The minimum Gasteiger partial charge on any atom is -0.289 e. The molecule has 0 saturated heterocycles. The highest BCUT2D eigenvalue weighted by Crippen LogP contribution is 2.30. The van der Waals surface area contributed by atoms with E-state index in [0.717, 1.165) is 22.8 Å². The zero-order valence-electron chi connectivity index (χ0n) is 13.7. The van der Waals surface area contributed by atoms with E-state index in [0.29, 0.717) is 5.56 Å². The maximum atomic E-state index is 12.8. The number of benzene rings is 3. The monoisotopic (exact) mass is 372 g/mol. The Morgan fingerprint density at radius 3 is 2.15 bits per heavy atom. The summed E-state index contributed by atoms with van der Waals surface area (Å²) in [4.78, 5) is 13.4. The minimum absolute atomic E-state index is 0.0320. The molecule has 0 bridgehead atoms. The number of alkyl halides is 3. The summed E-state index contributed by atoms with van der Waals surface area (Å²) in [7, 11) is 0. The van der Waals surface area contributed by atoms with Gasteiger partial charge >= 0.3 is 6.18 Å². The van der Waals surface area contributed by atoms with Crippen molar-refractivity contribution in [1.82, 2.24) is 0 Å². The molecule has 0 aliphatic carbocycles. The summed E-state index contributed by atoms with van der Waals surface area (Å²) >= 11 is 1.64. The van der Waals surface area contributed by atoms with Crippen molar-refractivity contribution in [2.75, 3.05) is 0 Å². The Morgan fingerprint density at radius 1 is 0.808 bits per heavy atom. The zero-order chi connectivity index (χ0) is 18.6. The maximum absolute atomic E-state index is 12.8. The van der Waals surface area contributed by atoms with Crippen molar-refractivity contribution in [2.45, 2.75) is 16.8 Å². The molecule has 132 valence electrons. The van der Waals surface area contributed by atoms with Gasteiger partial charge in [0, 0.05) is 21.8 Å². The Balaban J connectivity index is 1.71. The molecule has 0 amide bonds. The van der Waals surface area contributed by atoms with Gasteiger partial charge in [0.05, 0.1) is 5.56 Å². The highest BCUT2D eigenvalue weighted by Gasteiger charge is 2.30. The van der Waals surface area contributed by atoms with Crippen molar-refractivity contribution in [3.8, 4) is 0 Å². The first-order valence-electron chi connectivity index (χ1n) is 7.92. The fourth-order valence-corrected chi connectivity index (χ4v) is 3.30. The molecule has 0 unspecified atom stereocenters. The molecular weight excluding hydrogens is 357 g/mol. The first kappa shape index (κ1) is 18.3. The van der Waals surface area contributed by atoms with E-state index in [-0.39, 0.29) is 5.56 Å². The lowest BCUT2D eigenvalue weighted by Crippen LogP contribution is -2.08. The van der Waals surface area contributed by atoms with E-state index in [2.05, 4.69) is 0 Å². The van der Waals surface area contributed by atoms with E-state index < -0.39 is 17.5 Å². The van der Waals surface area contributed by atoms with Crippen molar-refractivity contribution in [3.05, 3.63) is 101 Å². The van der Waals surface area contributed by atoms with Crippen LogP contribution in [0.25, 0.3) is 0 Å². The van der Waals surface area contributed by atoms with Gasteiger partial charge in [-0.15, -0.1) is 11.8 Å². The number of ketones is 1. The van der Waals surface area contributed by atoms with Crippen molar-refractivity contribution < 1.29 is 18.0 Å². The van der Waals surface area contributed by atoms with Crippen LogP contribution in [0, 0.1) is 0 Å². The molecule has 0 fully saturated rings. The van der Waals surface area contributed by atoms with Crippen molar-refractivity contribution in [1.29, 1.82) is 0 Å². The molecule has 26 heavy (non-hydrogen) atoms. The first-order valence-corrected chi connectivity index (χ1v) is 8.91. The van der Waals surface area contributed by atoms with E-state index in [4.69, 9.17) is 0 Å². The van der Waals surface area contributed by atoms with Gasteiger partial charge in [0.15, 0.2) is 5.78 Å². The summed E-state index contributed by atoms with van der Waals surface area (Å²) in [5, 5.41) is 0. The average molecular weight is 372 g/mol. The molecule has 1 nitrogen and oxygen atoms in total. The summed E-state index contributed by atoms with van der Waals surface area (Å²) < 4.78 is 38.4. The smallest absolute Gasteiger partial charge is 0.289 e. The lowest BCUT2D eigenvalue weighted by atomic mass is 10.0. The molecule has 0 heterocycles. The number of carbonyl (C=O) groups excluding carboxylic acids is 1. The quantitative estimate of drug-likeness (QED) is 0.390. The zero-order valence-corrected chi connectivity index (χ0v) is 14.5. The number of halogens is 3. The molecule has 0 aliphatic rings. The van der Waals surface area contributed by atoms with Crippen LogP contribution in [0.15, 0.2) is 83.8 Å². The molecule has 0 N–H and O–H groups in total. The summed E-state index contributed by atoms with van der Waals surface area (Å²) in [5.41, 5.74) is 0.776. The molecule has 3 aromatic rings. The highest BCUT2D eigenvalue weighted by atomic mass is 32.2. The molecule has 0 atom stereocenters. The van der Waals surface area contributed by atoms with Crippen LogP contribution in [0.3, 0.4) is 0 Å². The Kier molecular flexibility index (Phi) is 5.47. The standard InChI is InChI=1S/C21H15F3OS/c22-21(23,24)18-8-4-7-17(13-18)20(25)16-9-11-19(12-10-16)26-14-15-5-2-1-3-6-15/h1-13H,14H2. The third-order valence-electron chi connectivity index (χ3n) is 3.82. The van der Waals surface area contributed by atoms with Crippen LogP contribution in [0.1, 0.15) is 27.0 Å². The van der Waals surface area contributed by atoms with Gasteiger partial charge < -0.3 is 0 Å². The van der Waals surface area contributed by atoms with Crippen LogP contribution in [0.4, 0.5) is 13.2 Å². The van der Waals surface area contributed by atoms with Crippen LogP contribution >= 0.6 is 11.8 Å². The predicted molar refractivity (Wildman–Crippen MR) is 97.3 cm³/mol. The van der Waals surface area contributed by atoms with Crippen molar-refractivity contribution in [2.24, 2.45) is 0 Å². The largest absolute Gasteiger partial charge is 0.416 e. The molecule has 5 heteroatoms. The second-order valence-corrected chi connectivity index (χ2v) is 6.76. The average Bonchev–Trinajstić information content (AvgIpc) is 2.66. The fourth-order valence-electron chi connectivity index (χ4n) is 2.45. The van der Waals surface area contributed by atoms with Crippen molar-refractivity contribution >= 4 is 17.5 Å². The second kappa shape index (κ2) is 7.79. The minimum atomic E-state index is -4.46. The predicted octanol–water partition coefficient (Wildman–Crippen LogP) is 6.23. The first-order chi connectivity index (χ1) is 12.4. The number of rotatable bonds is 5. The lowest BCUT2D eigenvalue weighted by molar-refractivity contribution is -0.137.